The molecule has 5 rings (SSSR count). The summed E-state index contributed by atoms with van der Waals surface area (Å²) in [5.41, 5.74) is 4.02. The van der Waals surface area contributed by atoms with Gasteiger partial charge in [-0.25, -0.2) is 9.67 Å². The number of aromatic nitrogens is 4. The van der Waals surface area contributed by atoms with Gasteiger partial charge in [0.2, 0.25) is 0 Å². The summed E-state index contributed by atoms with van der Waals surface area (Å²) >= 11 is 0. The van der Waals surface area contributed by atoms with Crippen LogP contribution >= 0.6 is 0 Å². The van der Waals surface area contributed by atoms with Gasteiger partial charge in [0, 0.05) is 31.5 Å². The second-order valence-corrected chi connectivity index (χ2v) is 8.23. The number of carbonyl (C=O) groups excluding carboxylic acids is 1. The first-order valence-corrected chi connectivity index (χ1v) is 11.3. The third-order valence-corrected chi connectivity index (χ3v) is 5.83. The first-order chi connectivity index (χ1) is 16.7. The van der Waals surface area contributed by atoms with Crippen molar-refractivity contribution in [3.05, 3.63) is 102 Å². The maximum absolute atomic E-state index is 13.5. The fraction of sp³-hybridized carbons (Fsp3) is 0.185. The van der Waals surface area contributed by atoms with Gasteiger partial charge in [0.15, 0.2) is 5.65 Å². The van der Waals surface area contributed by atoms with Gasteiger partial charge in [-0.3, -0.25) is 9.78 Å². The molecule has 0 radical (unpaired) electrons. The van der Waals surface area contributed by atoms with Crippen molar-refractivity contribution in [2.75, 3.05) is 13.6 Å². The van der Waals surface area contributed by atoms with Crippen LogP contribution in [0.5, 0.6) is 0 Å². The monoisotopic (exact) mass is 451 g/mol. The molecule has 0 fully saturated rings. The maximum atomic E-state index is 13.5. The highest BCUT2D eigenvalue weighted by Crippen LogP contribution is 2.26. The zero-order valence-corrected chi connectivity index (χ0v) is 19.0. The first-order valence-electron chi connectivity index (χ1n) is 11.3. The Morgan fingerprint density at radius 1 is 1.06 bits per heavy atom. The second kappa shape index (κ2) is 9.70. The van der Waals surface area contributed by atoms with Gasteiger partial charge in [-0.05, 0) is 48.7 Å². The van der Waals surface area contributed by atoms with Crippen LogP contribution in [0.2, 0.25) is 0 Å². The highest BCUT2D eigenvalue weighted by atomic mass is 16.3. The molecule has 0 saturated carbocycles. The number of amides is 1. The van der Waals surface area contributed by atoms with Gasteiger partial charge in [0.05, 0.1) is 29.1 Å². The molecular weight excluding hydrogens is 426 g/mol. The van der Waals surface area contributed by atoms with Gasteiger partial charge >= 0.3 is 0 Å². The van der Waals surface area contributed by atoms with Crippen molar-refractivity contribution in [1.29, 1.82) is 0 Å². The number of rotatable bonds is 8. The molecule has 0 N–H and O–H groups in total. The number of aryl methyl sites for hydroxylation is 1. The Bertz CT molecular complexity index is 1380. The quantitative estimate of drug-likeness (QED) is 0.337. The molecule has 0 spiro atoms. The smallest absolute Gasteiger partial charge is 0.254 e. The zero-order valence-electron chi connectivity index (χ0n) is 19.0. The predicted octanol–water partition coefficient (Wildman–Crippen LogP) is 4.84. The lowest BCUT2D eigenvalue weighted by Gasteiger charge is -2.18. The average Bonchev–Trinajstić information content (AvgIpc) is 3.55. The van der Waals surface area contributed by atoms with Crippen LogP contribution in [0, 0.1) is 0 Å². The van der Waals surface area contributed by atoms with E-state index < -0.39 is 0 Å². The molecule has 0 saturated heterocycles. The van der Waals surface area contributed by atoms with Crippen LogP contribution in [-0.4, -0.2) is 44.1 Å². The first kappa shape index (κ1) is 21.6. The Hall–Kier alpha value is -4.26. The molecule has 7 nitrogen and oxygen atoms in total. The van der Waals surface area contributed by atoms with Gasteiger partial charge < -0.3 is 9.32 Å². The summed E-state index contributed by atoms with van der Waals surface area (Å²) in [5.74, 6) is 0.715. The topological polar surface area (TPSA) is 77.1 Å². The standard InChI is InChI=1S/C27H25N5O2/c1-31(14-6-10-20-8-3-2-4-9-20)27(33)23-16-25(21-11-5-13-28-17-21)30-26-24(23)18-29-32(26)19-22-12-7-15-34-22/h2-5,7-9,11-13,15-18H,6,10,14,19H2,1H3. The van der Waals surface area contributed by atoms with Crippen molar-refractivity contribution in [3.63, 3.8) is 0 Å². The van der Waals surface area contributed by atoms with E-state index in [9.17, 15) is 4.79 Å². The summed E-state index contributed by atoms with van der Waals surface area (Å²) in [6, 6.07) is 19.7. The molecule has 34 heavy (non-hydrogen) atoms. The molecule has 4 aromatic heterocycles. The summed E-state index contributed by atoms with van der Waals surface area (Å²) in [6.45, 7) is 1.08. The summed E-state index contributed by atoms with van der Waals surface area (Å²) in [5, 5.41) is 5.24. The van der Waals surface area contributed by atoms with Gasteiger partial charge in [-0.1, -0.05) is 30.3 Å². The molecule has 4 heterocycles. The van der Waals surface area contributed by atoms with Crippen molar-refractivity contribution >= 4 is 16.9 Å². The Kier molecular flexibility index (Phi) is 6.16. The van der Waals surface area contributed by atoms with Gasteiger partial charge in [-0.2, -0.15) is 5.10 Å². The van der Waals surface area contributed by atoms with Crippen LogP contribution in [0.3, 0.4) is 0 Å². The van der Waals surface area contributed by atoms with Gasteiger partial charge in [-0.15, -0.1) is 0 Å². The summed E-state index contributed by atoms with van der Waals surface area (Å²) < 4.78 is 7.26. The zero-order chi connectivity index (χ0) is 23.3. The molecule has 0 aliphatic rings. The van der Waals surface area contributed by atoms with Gasteiger partial charge in [0.25, 0.3) is 5.91 Å². The molecule has 0 aliphatic heterocycles. The Balaban J connectivity index is 1.46. The lowest BCUT2D eigenvalue weighted by molar-refractivity contribution is 0.0795. The van der Waals surface area contributed by atoms with E-state index in [4.69, 9.17) is 9.40 Å². The molecule has 0 atom stereocenters. The number of nitrogens with zero attached hydrogens (tertiary/aromatic N) is 5. The van der Waals surface area contributed by atoms with Crippen LogP contribution in [0.15, 0.2) is 89.9 Å². The Morgan fingerprint density at radius 3 is 2.71 bits per heavy atom. The third kappa shape index (κ3) is 4.59. The molecule has 1 amide bonds. The highest BCUT2D eigenvalue weighted by Gasteiger charge is 2.20. The van der Waals surface area contributed by atoms with E-state index in [-0.39, 0.29) is 5.91 Å². The van der Waals surface area contributed by atoms with Crippen molar-refractivity contribution in [3.8, 4) is 11.3 Å². The van der Waals surface area contributed by atoms with Crippen LogP contribution < -0.4 is 0 Å². The van der Waals surface area contributed by atoms with E-state index >= 15 is 0 Å². The molecular formula is C27H25N5O2. The Labute approximate surface area is 197 Å². The minimum Gasteiger partial charge on any atom is -0.467 e. The van der Waals surface area contributed by atoms with Crippen LogP contribution in [0.4, 0.5) is 0 Å². The summed E-state index contributed by atoms with van der Waals surface area (Å²) in [4.78, 5) is 24.4. The lowest BCUT2D eigenvalue weighted by Crippen LogP contribution is -2.28. The summed E-state index contributed by atoms with van der Waals surface area (Å²) in [7, 11) is 1.84. The average molecular weight is 452 g/mol. The molecule has 0 bridgehead atoms. The number of carbonyl (C=O) groups is 1. The second-order valence-electron chi connectivity index (χ2n) is 8.23. The van der Waals surface area contributed by atoms with E-state index in [2.05, 4.69) is 22.2 Å². The maximum Gasteiger partial charge on any atom is 0.254 e. The van der Waals surface area contributed by atoms with Crippen LogP contribution in [0.25, 0.3) is 22.3 Å². The SMILES string of the molecule is CN(CCCc1ccccc1)C(=O)c1cc(-c2cccnc2)nc2c1cnn2Cc1ccco1. The largest absolute Gasteiger partial charge is 0.467 e. The van der Waals surface area contributed by atoms with E-state index in [0.717, 1.165) is 29.6 Å². The number of hydrogen-bond acceptors (Lipinski definition) is 5. The fourth-order valence-electron chi connectivity index (χ4n) is 4.02. The molecule has 7 heteroatoms. The minimum atomic E-state index is -0.0526. The molecule has 5 aromatic rings. The van der Waals surface area contributed by atoms with Crippen molar-refractivity contribution in [1.82, 2.24) is 24.6 Å². The lowest BCUT2D eigenvalue weighted by atomic mass is 10.1. The van der Waals surface area contributed by atoms with E-state index in [1.54, 1.807) is 34.4 Å². The van der Waals surface area contributed by atoms with Crippen LogP contribution in [0.1, 0.15) is 28.1 Å². The number of benzene rings is 1. The fourth-order valence-corrected chi connectivity index (χ4v) is 4.02. The van der Waals surface area contributed by atoms with Gasteiger partial charge in [0.1, 0.15) is 12.3 Å². The molecule has 170 valence electrons. The number of hydrogen-bond donors (Lipinski definition) is 0. The number of fused-ring (bicyclic) bond motifs is 1. The van der Waals surface area contributed by atoms with Crippen molar-refractivity contribution in [2.45, 2.75) is 19.4 Å². The molecule has 1 aromatic carbocycles. The minimum absolute atomic E-state index is 0.0526. The highest BCUT2D eigenvalue weighted by molar-refractivity contribution is 6.06. The predicted molar refractivity (Wildman–Crippen MR) is 130 cm³/mol. The van der Waals surface area contributed by atoms with Crippen LogP contribution in [-0.2, 0) is 13.0 Å². The van der Waals surface area contributed by atoms with E-state index in [1.165, 1.54) is 5.56 Å². The third-order valence-electron chi connectivity index (χ3n) is 5.83. The summed E-state index contributed by atoms with van der Waals surface area (Å²) in [6.07, 6.45) is 8.62. The number of pyridine rings is 2. The van der Waals surface area contributed by atoms with E-state index in [0.29, 0.717) is 30.0 Å². The van der Waals surface area contributed by atoms with E-state index in [1.807, 2.05) is 55.6 Å². The number of furan rings is 1. The van der Waals surface area contributed by atoms with Crippen molar-refractivity contribution < 1.29 is 9.21 Å². The normalized spacial score (nSPS) is 11.1. The molecule has 0 unspecified atom stereocenters. The van der Waals surface area contributed by atoms with Crippen molar-refractivity contribution in [2.24, 2.45) is 0 Å². The molecule has 0 aliphatic carbocycles. The Morgan fingerprint density at radius 2 is 1.94 bits per heavy atom.